The first-order valence-electron chi connectivity index (χ1n) is 8.92. The number of nitrogens with zero attached hydrogens (tertiary/aromatic N) is 2. The first-order valence-corrected chi connectivity index (χ1v) is 8.92. The number of aromatic nitrogens is 2. The highest BCUT2D eigenvalue weighted by Gasteiger charge is 2.23. The van der Waals surface area contributed by atoms with Gasteiger partial charge in [-0.2, -0.15) is 0 Å². The van der Waals surface area contributed by atoms with E-state index in [9.17, 15) is 9.90 Å². The van der Waals surface area contributed by atoms with Gasteiger partial charge in [-0.1, -0.05) is 19.8 Å². The van der Waals surface area contributed by atoms with Crippen LogP contribution in [-0.4, -0.2) is 32.6 Å². The van der Waals surface area contributed by atoms with Gasteiger partial charge in [0, 0.05) is 11.7 Å². The number of amides is 1. The number of rotatable bonds is 6. The summed E-state index contributed by atoms with van der Waals surface area (Å²) < 4.78 is 0. The predicted molar refractivity (Wildman–Crippen MR) is 94.8 cm³/mol. The van der Waals surface area contributed by atoms with Crippen molar-refractivity contribution in [3.05, 3.63) is 17.5 Å². The number of aliphatic hydroxyl groups is 1. The fourth-order valence-electron chi connectivity index (χ4n) is 3.12. The van der Waals surface area contributed by atoms with Gasteiger partial charge in [0.25, 0.3) is 5.91 Å². The average Bonchev–Trinajstić information content (AvgIpc) is 2.71. The number of primary amides is 1. The summed E-state index contributed by atoms with van der Waals surface area (Å²) in [4.78, 5) is 20.5. The maximum Gasteiger partial charge on any atom is 0.252 e. The summed E-state index contributed by atoms with van der Waals surface area (Å²) in [5.41, 5.74) is 6.44. The quantitative estimate of drug-likeness (QED) is 0.694. The summed E-state index contributed by atoms with van der Waals surface area (Å²) in [5.74, 6) is 0.346. The molecule has 1 amide bonds. The largest absolute Gasteiger partial charge is 0.393 e. The number of carbonyl (C=O) groups is 1. The van der Waals surface area contributed by atoms with E-state index in [1.54, 1.807) is 0 Å². The van der Waals surface area contributed by atoms with Gasteiger partial charge in [0.05, 0.1) is 17.4 Å². The van der Waals surface area contributed by atoms with Crippen LogP contribution in [0.3, 0.4) is 0 Å². The second-order valence-corrected chi connectivity index (χ2v) is 7.52. The smallest absolute Gasteiger partial charge is 0.252 e. The number of nitrogens with one attached hydrogen (secondary N) is 1. The lowest BCUT2D eigenvalue weighted by atomic mass is 9.92. The molecule has 1 heterocycles. The van der Waals surface area contributed by atoms with Crippen molar-refractivity contribution in [2.75, 3.05) is 5.32 Å². The van der Waals surface area contributed by atoms with Gasteiger partial charge in [-0.25, -0.2) is 9.97 Å². The summed E-state index contributed by atoms with van der Waals surface area (Å²) in [6, 6.07) is 0. The number of carbonyl (C=O) groups excluding carboxylic acids is 1. The molecular formula is C18H30N4O2. The van der Waals surface area contributed by atoms with Crippen LogP contribution in [0.2, 0.25) is 0 Å². The molecule has 0 saturated heterocycles. The van der Waals surface area contributed by atoms with Gasteiger partial charge in [-0.3, -0.25) is 4.79 Å². The topological polar surface area (TPSA) is 101 Å². The Morgan fingerprint density at radius 2 is 2.12 bits per heavy atom. The standard InChI is InChI=1S/C18H30N4O2/c1-4-18(2,3)22-17-20-11-14(16(19)24)15(21-17)10-12-7-5-6-8-13(23)9-12/h11-13,23H,4-10H2,1-3H3,(H2,19,24)(H,20,21,22)/t12-,13+/m1/s1. The van der Waals surface area contributed by atoms with E-state index in [2.05, 4.69) is 36.1 Å². The van der Waals surface area contributed by atoms with Crippen molar-refractivity contribution in [1.29, 1.82) is 0 Å². The molecule has 0 aliphatic heterocycles. The Balaban J connectivity index is 2.22. The van der Waals surface area contributed by atoms with Crippen molar-refractivity contribution in [3.63, 3.8) is 0 Å². The first-order chi connectivity index (χ1) is 11.3. The summed E-state index contributed by atoms with van der Waals surface area (Å²) in [6.07, 6.45) is 7.67. The van der Waals surface area contributed by atoms with Crippen LogP contribution in [0.5, 0.6) is 0 Å². The molecular weight excluding hydrogens is 304 g/mol. The third-order valence-corrected chi connectivity index (χ3v) is 4.95. The number of hydrogen-bond donors (Lipinski definition) is 3. The average molecular weight is 334 g/mol. The van der Waals surface area contributed by atoms with Crippen LogP contribution in [0.1, 0.15) is 75.3 Å². The van der Waals surface area contributed by atoms with Gasteiger partial charge in [0.15, 0.2) is 0 Å². The van der Waals surface area contributed by atoms with E-state index in [-0.39, 0.29) is 11.6 Å². The van der Waals surface area contributed by atoms with Crippen molar-refractivity contribution in [2.45, 2.75) is 77.4 Å². The van der Waals surface area contributed by atoms with E-state index >= 15 is 0 Å². The molecule has 134 valence electrons. The molecule has 1 saturated carbocycles. The molecule has 6 heteroatoms. The lowest BCUT2D eigenvalue weighted by Crippen LogP contribution is -2.31. The van der Waals surface area contributed by atoms with Crippen LogP contribution in [0, 0.1) is 5.92 Å². The van der Waals surface area contributed by atoms with Gasteiger partial charge >= 0.3 is 0 Å². The zero-order valence-corrected chi connectivity index (χ0v) is 15.0. The van der Waals surface area contributed by atoms with Crippen molar-refractivity contribution in [3.8, 4) is 0 Å². The summed E-state index contributed by atoms with van der Waals surface area (Å²) in [5, 5.41) is 13.3. The fraction of sp³-hybridized carbons (Fsp3) is 0.722. The minimum atomic E-state index is -0.500. The Morgan fingerprint density at radius 1 is 1.42 bits per heavy atom. The maximum atomic E-state index is 11.7. The fourth-order valence-corrected chi connectivity index (χ4v) is 3.12. The van der Waals surface area contributed by atoms with Crippen molar-refractivity contribution >= 4 is 11.9 Å². The number of hydrogen-bond acceptors (Lipinski definition) is 5. The van der Waals surface area contributed by atoms with Crippen molar-refractivity contribution in [2.24, 2.45) is 11.7 Å². The van der Waals surface area contributed by atoms with Gasteiger partial charge < -0.3 is 16.2 Å². The molecule has 1 aromatic heterocycles. The molecule has 0 bridgehead atoms. The predicted octanol–water partition coefficient (Wildman–Crippen LogP) is 2.66. The van der Waals surface area contributed by atoms with E-state index in [0.29, 0.717) is 29.5 Å². The van der Waals surface area contributed by atoms with E-state index in [0.717, 1.165) is 38.5 Å². The third-order valence-electron chi connectivity index (χ3n) is 4.95. The lowest BCUT2D eigenvalue weighted by molar-refractivity contribution is 0.0998. The monoisotopic (exact) mass is 334 g/mol. The molecule has 1 fully saturated rings. The minimum absolute atomic E-state index is 0.121. The van der Waals surface area contributed by atoms with Crippen LogP contribution < -0.4 is 11.1 Å². The Labute approximate surface area is 144 Å². The van der Waals surface area contributed by atoms with Crippen LogP contribution in [-0.2, 0) is 6.42 Å². The van der Waals surface area contributed by atoms with Gasteiger partial charge in [0.2, 0.25) is 5.95 Å². The molecule has 4 N–H and O–H groups in total. The zero-order valence-electron chi connectivity index (χ0n) is 15.0. The highest BCUT2D eigenvalue weighted by atomic mass is 16.3. The Morgan fingerprint density at radius 3 is 2.79 bits per heavy atom. The van der Waals surface area contributed by atoms with Crippen molar-refractivity contribution in [1.82, 2.24) is 9.97 Å². The third kappa shape index (κ3) is 5.16. The van der Waals surface area contributed by atoms with Crippen LogP contribution in [0.15, 0.2) is 6.20 Å². The van der Waals surface area contributed by atoms with Crippen LogP contribution >= 0.6 is 0 Å². The van der Waals surface area contributed by atoms with Gasteiger partial charge in [0.1, 0.15) is 0 Å². The maximum absolute atomic E-state index is 11.7. The minimum Gasteiger partial charge on any atom is -0.393 e. The molecule has 1 aliphatic rings. The molecule has 24 heavy (non-hydrogen) atoms. The highest BCUT2D eigenvalue weighted by molar-refractivity contribution is 5.93. The molecule has 0 aromatic carbocycles. The summed E-state index contributed by atoms with van der Waals surface area (Å²) in [6.45, 7) is 6.26. The van der Waals surface area contributed by atoms with Crippen LogP contribution in [0.25, 0.3) is 0 Å². The molecule has 0 radical (unpaired) electrons. The van der Waals surface area contributed by atoms with Gasteiger partial charge in [-0.05, 0) is 51.9 Å². The molecule has 0 spiro atoms. The highest BCUT2D eigenvalue weighted by Crippen LogP contribution is 2.27. The molecule has 2 atom stereocenters. The summed E-state index contributed by atoms with van der Waals surface area (Å²) in [7, 11) is 0. The molecule has 2 rings (SSSR count). The van der Waals surface area contributed by atoms with Crippen LogP contribution in [0.4, 0.5) is 5.95 Å². The second kappa shape index (κ2) is 7.92. The molecule has 1 aliphatic carbocycles. The SMILES string of the molecule is CCC(C)(C)Nc1ncc(C(N)=O)c(C[C@@H]2CCCC[C@H](O)C2)n1. The lowest BCUT2D eigenvalue weighted by Gasteiger charge is -2.25. The normalized spacial score (nSPS) is 22.0. The Hall–Kier alpha value is -1.69. The Bertz CT molecular complexity index is 574. The van der Waals surface area contributed by atoms with E-state index in [4.69, 9.17) is 5.73 Å². The summed E-state index contributed by atoms with van der Waals surface area (Å²) >= 11 is 0. The number of nitrogens with two attached hydrogens (primary N) is 1. The van der Waals surface area contributed by atoms with E-state index < -0.39 is 5.91 Å². The zero-order chi connectivity index (χ0) is 17.7. The molecule has 0 unspecified atom stereocenters. The van der Waals surface area contributed by atoms with E-state index in [1.807, 2.05) is 0 Å². The number of anilines is 1. The second-order valence-electron chi connectivity index (χ2n) is 7.52. The van der Waals surface area contributed by atoms with Crippen molar-refractivity contribution < 1.29 is 9.90 Å². The first kappa shape index (κ1) is 18.6. The van der Waals surface area contributed by atoms with E-state index in [1.165, 1.54) is 6.20 Å². The number of aliphatic hydroxyl groups excluding tert-OH is 1. The molecule has 6 nitrogen and oxygen atoms in total. The van der Waals surface area contributed by atoms with Gasteiger partial charge in [-0.15, -0.1) is 0 Å². The molecule has 1 aromatic rings. The Kier molecular flexibility index (Phi) is 6.15.